The van der Waals surface area contributed by atoms with Gasteiger partial charge in [-0.15, -0.1) is 22.7 Å². The van der Waals surface area contributed by atoms with Crippen molar-refractivity contribution in [1.29, 1.82) is 0 Å². The average Bonchev–Trinajstić information content (AvgIpc) is 4.00. The van der Waals surface area contributed by atoms with Crippen LogP contribution in [-0.2, 0) is 18.0 Å². The van der Waals surface area contributed by atoms with Crippen molar-refractivity contribution in [3.05, 3.63) is 152 Å². The van der Waals surface area contributed by atoms with Crippen molar-refractivity contribution < 1.29 is 23.8 Å². The number of hydrogen-bond donors (Lipinski definition) is 1. The van der Waals surface area contributed by atoms with E-state index in [0.717, 1.165) is 54.3 Å². The quantitative estimate of drug-likeness (QED) is 0.137. The Bertz CT molecular complexity index is 2770. The van der Waals surface area contributed by atoms with Crippen LogP contribution in [0.1, 0.15) is 63.9 Å². The molecular formula is C45H43N5O5S2. The molecule has 8 aromatic rings. The molecule has 0 saturated carbocycles. The lowest BCUT2D eigenvalue weighted by Gasteiger charge is -2.08. The highest BCUT2D eigenvalue weighted by Gasteiger charge is 2.21. The second kappa shape index (κ2) is 16.5. The lowest BCUT2D eigenvalue weighted by molar-refractivity contribution is 0.0601. The fourth-order valence-corrected chi connectivity index (χ4v) is 8.26. The lowest BCUT2D eigenvalue weighted by atomic mass is 10.1. The molecule has 0 atom stereocenters. The first-order valence-electron chi connectivity index (χ1n) is 18.3. The molecule has 0 radical (unpaired) electrons. The van der Waals surface area contributed by atoms with Crippen molar-refractivity contribution in [2.75, 3.05) is 7.11 Å². The summed E-state index contributed by atoms with van der Waals surface area (Å²) in [5.74, 6) is 0.122. The Morgan fingerprint density at radius 1 is 0.596 bits per heavy atom. The number of benzene rings is 4. The number of esters is 1. The van der Waals surface area contributed by atoms with Crippen LogP contribution < -0.4 is 15.2 Å². The summed E-state index contributed by atoms with van der Waals surface area (Å²) in [5.41, 5.74) is 18.7. The number of hydrogen-bond acceptors (Lipinski definition) is 9. The van der Waals surface area contributed by atoms with E-state index in [-0.39, 0.29) is 0 Å². The molecule has 0 saturated heterocycles. The first kappa shape index (κ1) is 39.0. The number of thiophene rings is 2. The van der Waals surface area contributed by atoms with Crippen molar-refractivity contribution in [3.63, 3.8) is 0 Å². The Labute approximate surface area is 339 Å². The van der Waals surface area contributed by atoms with E-state index in [1.165, 1.54) is 52.0 Å². The van der Waals surface area contributed by atoms with Crippen LogP contribution >= 0.6 is 22.7 Å². The third kappa shape index (κ3) is 8.18. The monoisotopic (exact) mass is 797 g/mol. The maximum absolute atomic E-state index is 12.3. The molecule has 8 rings (SSSR count). The van der Waals surface area contributed by atoms with Gasteiger partial charge in [0.05, 0.1) is 29.2 Å². The molecule has 0 aliphatic heterocycles. The second-order valence-corrected chi connectivity index (χ2v) is 16.0. The van der Waals surface area contributed by atoms with E-state index in [9.17, 15) is 9.59 Å². The number of carbonyl (C=O) groups excluding carboxylic acids is 2. The van der Waals surface area contributed by atoms with Crippen molar-refractivity contribution in [1.82, 2.24) is 19.1 Å². The first-order valence-corrected chi connectivity index (χ1v) is 19.9. The second-order valence-electron chi connectivity index (χ2n) is 13.9. The van der Waals surface area contributed by atoms with Crippen LogP contribution in [0.25, 0.3) is 32.1 Å². The smallest absolute Gasteiger partial charge is 0.351 e. The van der Waals surface area contributed by atoms with Crippen LogP contribution in [0.3, 0.4) is 0 Å². The molecule has 1 amide bonds. The van der Waals surface area contributed by atoms with Crippen LogP contribution in [0.2, 0.25) is 0 Å². The molecule has 2 N–H and O–H groups in total. The normalized spacial score (nSPS) is 11.1. The number of nitrogens with two attached hydrogens (primary N) is 1. The van der Waals surface area contributed by atoms with Gasteiger partial charge in [0.2, 0.25) is 0 Å². The Hall–Kier alpha value is -6.24. The van der Waals surface area contributed by atoms with E-state index in [1.54, 1.807) is 12.7 Å². The molecule has 10 nitrogen and oxygen atoms in total. The van der Waals surface area contributed by atoms with E-state index in [2.05, 4.69) is 61.9 Å². The molecule has 57 heavy (non-hydrogen) atoms. The van der Waals surface area contributed by atoms with Gasteiger partial charge >= 0.3 is 5.97 Å². The predicted molar refractivity (Wildman–Crippen MR) is 228 cm³/mol. The minimum absolute atomic E-state index is 0.381. The van der Waals surface area contributed by atoms with Crippen molar-refractivity contribution >= 4 is 56.6 Å². The van der Waals surface area contributed by atoms with Crippen LogP contribution in [0, 0.1) is 41.5 Å². The van der Waals surface area contributed by atoms with E-state index < -0.39 is 11.9 Å². The molecule has 4 aromatic carbocycles. The Morgan fingerprint density at radius 3 is 1.46 bits per heavy atom. The first-order chi connectivity index (χ1) is 27.4. The van der Waals surface area contributed by atoms with Crippen molar-refractivity contribution in [2.24, 2.45) is 5.73 Å². The van der Waals surface area contributed by atoms with Gasteiger partial charge in [-0.2, -0.15) is 0 Å². The van der Waals surface area contributed by atoms with Gasteiger partial charge in [0.25, 0.3) is 5.91 Å². The van der Waals surface area contributed by atoms with Gasteiger partial charge in [0, 0.05) is 12.1 Å². The number of imidazole rings is 2. The summed E-state index contributed by atoms with van der Waals surface area (Å²) >= 11 is 2.65. The molecule has 0 aliphatic carbocycles. The van der Waals surface area contributed by atoms with Crippen LogP contribution in [0.5, 0.6) is 11.5 Å². The summed E-state index contributed by atoms with van der Waals surface area (Å²) in [6.45, 7) is 13.1. The van der Waals surface area contributed by atoms with E-state index in [4.69, 9.17) is 19.9 Å². The summed E-state index contributed by atoms with van der Waals surface area (Å²) in [6, 6.07) is 28.2. The van der Waals surface area contributed by atoms with Crippen molar-refractivity contribution in [2.45, 2.75) is 54.8 Å². The largest absolute Gasteiger partial charge is 0.487 e. The van der Waals surface area contributed by atoms with E-state index in [0.29, 0.717) is 34.5 Å². The summed E-state index contributed by atoms with van der Waals surface area (Å²) in [7, 11) is 1.38. The predicted octanol–water partition coefficient (Wildman–Crippen LogP) is 10.1. The number of rotatable bonds is 10. The molecular weight excluding hydrogens is 755 g/mol. The lowest BCUT2D eigenvalue weighted by Crippen LogP contribution is -2.10. The van der Waals surface area contributed by atoms with Crippen molar-refractivity contribution in [3.8, 4) is 21.5 Å². The zero-order valence-corrected chi connectivity index (χ0v) is 34.5. The number of aromatic nitrogens is 4. The summed E-state index contributed by atoms with van der Waals surface area (Å²) in [6.07, 6.45) is 3.55. The molecule has 290 valence electrons. The number of nitrogens with zero attached hydrogens (tertiary/aromatic N) is 4. The molecule has 0 spiro atoms. The molecule has 12 heteroatoms. The number of fused-ring (bicyclic) bond motifs is 2. The average molecular weight is 798 g/mol. The number of primary amides is 1. The fourth-order valence-electron chi connectivity index (χ4n) is 6.32. The molecule has 0 bridgehead atoms. The minimum Gasteiger partial charge on any atom is -0.487 e. The molecule has 0 fully saturated rings. The molecule has 4 aromatic heterocycles. The van der Waals surface area contributed by atoms with Crippen LogP contribution in [-0.4, -0.2) is 38.1 Å². The standard InChI is InChI=1S/C23H22N2O3S.C22H21N3O2S/c1-14-7-5-6-8-17(14)12-28-20-11-21(29-22(20)23(26)27-4)25-13-24-18-9-15(2)16(3)10-19(18)25;1-13-6-4-5-7-16(13)11-27-19-10-20(28-21(19)22(23)26)25-12-24-17-8-14(2)15(3)9-18(17)25/h5-11,13H,12H2,1-4H3;4-10,12H,11H2,1-3H3,(H2,23,26). The SMILES string of the molecule is COC(=O)c1sc(-n2cnc3cc(C)c(C)cc32)cc1OCc1ccccc1C.Cc1cc2ncn(-c3cc(OCc4ccccc4C)c(C(N)=O)s3)c2cc1C. The van der Waals surface area contributed by atoms with Gasteiger partial charge in [0.15, 0.2) is 4.88 Å². The highest BCUT2D eigenvalue weighted by atomic mass is 32.1. The highest BCUT2D eigenvalue weighted by Crippen LogP contribution is 2.36. The summed E-state index contributed by atoms with van der Waals surface area (Å²) in [4.78, 5) is 34.2. The topological polar surface area (TPSA) is 123 Å². The highest BCUT2D eigenvalue weighted by molar-refractivity contribution is 7.17. The maximum atomic E-state index is 12.3. The van der Waals surface area contributed by atoms with Gasteiger partial charge < -0.3 is 19.9 Å². The Balaban J connectivity index is 0.000000174. The fraction of sp³-hybridized carbons (Fsp3) is 0.200. The zero-order valence-electron chi connectivity index (χ0n) is 32.9. The maximum Gasteiger partial charge on any atom is 0.351 e. The third-order valence-electron chi connectivity index (χ3n) is 10.1. The number of amides is 1. The van der Waals surface area contributed by atoms with Gasteiger partial charge in [0.1, 0.15) is 52.2 Å². The number of methoxy groups -OCH3 is 1. The van der Waals surface area contributed by atoms with Gasteiger partial charge in [-0.25, -0.2) is 14.8 Å². The van der Waals surface area contributed by atoms with Gasteiger partial charge in [-0.3, -0.25) is 13.9 Å². The van der Waals surface area contributed by atoms with E-state index >= 15 is 0 Å². The van der Waals surface area contributed by atoms with Crippen LogP contribution in [0.4, 0.5) is 0 Å². The van der Waals surface area contributed by atoms with Gasteiger partial charge in [-0.1, -0.05) is 48.5 Å². The third-order valence-corrected chi connectivity index (χ3v) is 12.3. The summed E-state index contributed by atoms with van der Waals surface area (Å²) < 4.78 is 20.9. The Morgan fingerprint density at radius 2 is 1.02 bits per heavy atom. The van der Waals surface area contributed by atoms with E-state index in [1.807, 2.05) is 83.6 Å². The minimum atomic E-state index is -0.493. The number of carbonyl (C=O) groups is 2. The Kier molecular flexibility index (Phi) is 11.3. The molecule has 0 unspecified atom stereocenters. The summed E-state index contributed by atoms with van der Waals surface area (Å²) in [5, 5.41) is 1.70. The zero-order chi connectivity index (χ0) is 40.4. The number of aryl methyl sites for hydroxylation is 6. The molecule has 4 heterocycles. The number of ether oxygens (including phenoxy) is 3. The van der Waals surface area contributed by atoms with Crippen LogP contribution in [0.15, 0.2) is 97.6 Å². The van der Waals surface area contributed by atoms with Gasteiger partial charge in [-0.05, 0) is 110 Å². The molecule has 0 aliphatic rings.